The molecule has 3 aliphatic rings. The van der Waals surface area contributed by atoms with Crippen LogP contribution in [0.25, 0.3) is 5.70 Å². The van der Waals surface area contributed by atoms with Crippen molar-refractivity contribution in [3.63, 3.8) is 0 Å². The van der Waals surface area contributed by atoms with Crippen molar-refractivity contribution in [2.24, 2.45) is 11.3 Å². The third-order valence-corrected chi connectivity index (χ3v) is 11.3. The largest absolute Gasteiger partial charge is 0.385 e. The first-order chi connectivity index (χ1) is 22.2. The van der Waals surface area contributed by atoms with Gasteiger partial charge < -0.3 is 21.4 Å². The van der Waals surface area contributed by atoms with Gasteiger partial charge in [-0.15, -0.1) is 0 Å². The lowest BCUT2D eigenvalue weighted by atomic mass is 9.77. The van der Waals surface area contributed by atoms with Crippen LogP contribution in [0.5, 0.6) is 0 Å². The first-order valence-electron chi connectivity index (χ1n) is 17.7. The van der Waals surface area contributed by atoms with Gasteiger partial charge in [0.15, 0.2) is 0 Å². The molecule has 7 heteroatoms. The van der Waals surface area contributed by atoms with Crippen molar-refractivity contribution < 1.29 is 4.79 Å². The second kappa shape index (κ2) is 14.0. The van der Waals surface area contributed by atoms with Gasteiger partial charge in [0.05, 0.1) is 11.4 Å². The van der Waals surface area contributed by atoms with E-state index in [-0.39, 0.29) is 23.5 Å². The van der Waals surface area contributed by atoms with E-state index in [0.29, 0.717) is 16.7 Å². The lowest BCUT2D eigenvalue weighted by Crippen LogP contribution is -2.41. The molecule has 2 aromatic rings. The fourth-order valence-electron chi connectivity index (χ4n) is 7.39. The van der Waals surface area contributed by atoms with Crippen LogP contribution in [0.3, 0.4) is 0 Å². The Hall–Kier alpha value is -3.58. The van der Waals surface area contributed by atoms with E-state index in [4.69, 9.17) is 5.84 Å². The van der Waals surface area contributed by atoms with Gasteiger partial charge in [0.2, 0.25) is 0 Å². The van der Waals surface area contributed by atoms with Gasteiger partial charge >= 0.3 is 0 Å². The standard InChI is InChI=1S/C39H56N6O/c1-7-27-13-12-14-32(30(27)8-2)39(19-20-39)35(40)24-33(42-22-21-38(9-3,10-4)11-5)36-43-25-34(44-36)28-15-18-31(26(6)23-28)37(46)45(41)29-16-17-29/h12-15,18,23-25,29,36,40,42-44H,7-11,16-17,19-22,41H2,1-6H3/b33-24+,40-35?. The molecule has 1 heterocycles. The third-order valence-electron chi connectivity index (χ3n) is 11.3. The lowest BCUT2D eigenvalue weighted by molar-refractivity contribution is 0.0742. The predicted octanol–water partition coefficient (Wildman–Crippen LogP) is 7.25. The number of rotatable bonds is 16. The molecule has 46 heavy (non-hydrogen) atoms. The van der Waals surface area contributed by atoms with Gasteiger partial charge in [-0.2, -0.15) is 0 Å². The number of amides is 1. The Bertz CT molecular complexity index is 1490. The molecule has 6 N–H and O–H groups in total. The van der Waals surface area contributed by atoms with Gasteiger partial charge in [0.1, 0.15) is 6.17 Å². The van der Waals surface area contributed by atoms with Crippen LogP contribution in [-0.4, -0.2) is 35.4 Å². The monoisotopic (exact) mass is 624 g/mol. The summed E-state index contributed by atoms with van der Waals surface area (Å²) in [4.78, 5) is 12.9. The average molecular weight is 625 g/mol. The number of carbonyl (C=O) groups excluding carboxylic acids is 1. The fourth-order valence-corrected chi connectivity index (χ4v) is 7.39. The van der Waals surface area contributed by atoms with E-state index >= 15 is 0 Å². The molecule has 1 unspecified atom stereocenters. The maximum atomic E-state index is 12.9. The number of nitrogens with one attached hydrogen (secondary N) is 4. The van der Waals surface area contributed by atoms with Crippen molar-refractivity contribution in [3.05, 3.63) is 87.8 Å². The molecule has 2 fully saturated rings. The second-order valence-electron chi connectivity index (χ2n) is 13.8. The third kappa shape index (κ3) is 6.76. The molecule has 1 atom stereocenters. The summed E-state index contributed by atoms with van der Waals surface area (Å²) >= 11 is 0. The Morgan fingerprint density at radius 3 is 2.39 bits per heavy atom. The highest BCUT2D eigenvalue weighted by Gasteiger charge is 2.49. The van der Waals surface area contributed by atoms with Gasteiger partial charge in [-0.1, -0.05) is 78.1 Å². The van der Waals surface area contributed by atoms with Crippen LogP contribution in [0.1, 0.15) is 124 Å². The predicted molar refractivity (Wildman–Crippen MR) is 190 cm³/mol. The van der Waals surface area contributed by atoms with Crippen LogP contribution < -0.4 is 21.8 Å². The number of hydrazine groups is 1. The van der Waals surface area contributed by atoms with Crippen molar-refractivity contribution in [2.75, 3.05) is 6.54 Å². The summed E-state index contributed by atoms with van der Waals surface area (Å²) in [5.74, 6) is 5.98. The number of hydrogen-bond donors (Lipinski definition) is 5. The number of hydrogen-bond acceptors (Lipinski definition) is 6. The van der Waals surface area contributed by atoms with Crippen molar-refractivity contribution in [1.82, 2.24) is 21.0 Å². The zero-order chi connectivity index (χ0) is 33.1. The highest BCUT2D eigenvalue weighted by molar-refractivity contribution is 6.04. The molecule has 0 bridgehead atoms. The molecule has 0 spiro atoms. The van der Waals surface area contributed by atoms with Crippen LogP contribution in [-0.2, 0) is 18.3 Å². The smallest absolute Gasteiger partial charge is 0.268 e. The molecule has 5 rings (SSSR count). The highest BCUT2D eigenvalue weighted by Crippen LogP contribution is 2.51. The maximum Gasteiger partial charge on any atom is 0.268 e. The summed E-state index contributed by atoms with van der Waals surface area (Å²) < 4.78 is 0. The molecule has 1 amide bonds. The fraction of sp³-hybridized carbons (Fsp3) is 0.538. The lowest BCUT2D eigenvalue weighted by Gasteiger charge is -2.31. The van der Waals surface area contributed by atoms with E-state index in [2.05, 4.69) is 80.9 Å². The van der Waals surface area contributed by atoms with Gasteiger partial charge in [-0.3, -0.25) is 9.80 Å². The molecule has 0 aromatic heterocycles. The summed E-state index contributed by atoms with van der Waals surface area (Å²) in [5.41, 5.74) is 9.49. The molecule has 248 valence electrons. The minimum Gasteiger partial charge on any atom is -0.385 e. The molecule has 1 aliphatic heterocycles. The van der Waals surface area contributed by atoms with E-state index in [1.807, 2.05) is 25.3 Å². The Kier molecular flexibility index (Phi) is 10.3. The van der Waals surface area contributed by atoms with Crippen molar-refractivity contribution in [1.29, 1.82) is 5.41 Å². The van der Waals surface area contributed by atoms with E-state index in [0.717, 1.165) is 74.0 Å². The van der Waals surface area contributed by atoms with Crippen LogP contribution in [0.2, 0.25) is 0 Å². The maximum absolute atomic E-state index is 12.9. The number of nitrogens with two attached hydrogens (primary N) is 1. The van der Waals surface area contributed by atoms with E-state index < -0.39 is 0 Å². The van der Waals surface area contributed by atoms with Gasteiger partial charge in [-0.05, 0) is 103 Å². The summed E-state index contributed by atoms with van der Waals surface area (Å²) in [6, 6.07) is 12.8. The van der Waals surface area contributed by atoms with E-state index in [9.17, 15) is 10.2 Å². The number of allylic oxidation sites excluding steroid dienone is 1. The van der Waals surface area contributed by atoms with Gasteiger partial charge in [0.25, 0.3) is 5.91 Å². The molecule has 0 saturated heterocycles. The Balaban J connectivity index is 1.38. The summed E-state index contributed by atoms with van der Waals surface area (Å²) in [6.07, 6.45) is 14.5. The summed E-state index contributed by atoms with van der Waals surface area (Å²) in [5, 5.41) is 21.9. The Labute approximate surface area is 277 Å². The summed E-state index contributed by atoms with van der Waals surface area (Å²) in [7, 11) is 0. The first kappa shape index (κ1) is 33.8. The van der Waals surface area contributed by atoms with Crippen LogP contribution in [0.4, 0.5) is 0 Å². The minimum absolute atomic E-state index is 0.115. The van der Waals surface area contributed by atoms with E-state index in [1.54, 1.807) is 0 Å². The SMILES string of the molecule is CCc1cccc(C2(C(=N)/C=C(/NCCC(CC)(CC)CC)C3NC=C(c4ccc(C(=O)N(N)C5CC5)c(C)c4)N3)CC2)c1CC. The highest BCUT2D eigenvalue weighted by atomic mass is 16.2. The molecule has 2 aromatic carbocycles. The van der Waals surface area contributed by atoms with E-state index in [1.165, 1.54) is 41.0 Å². The molecule has 7 nitrogen and oxygen atoms in total. The number of aryl methyl sites for hydroxylation is 2. The number of benzene rings is 2. The normalized spacial score (nSPS) is 18.8. The average Bonchev–Trinajstić information content (AvgIpc) is 4.02. The zero-order valence-corrected chi connectivity index (χ0v) is 29.0. The quantitative estimate of drug-likeness (QED) is 0.0586. The Morgan fingerprint density at radius 2 is 1.80 bits per heavy atom. The Morgan fingerprint density at radius 1 is 1.09 bits per heavy atom. The van der Waals surface area contributed by atoms with Crippen LogP contribution in [0.15, 0.2) is 54.4 Å². The number of carbonyl (C=O) groups is 1. The van der Waals surface area contributed by atoms with Crippen molar-refractivity contribution >= 4 is 17.3 Å². The van der Waals surface area contributed by atoms with Crippen molar-refractivity contribution in [3.8, 4) is 0 Å². The van der Waals surface area contributed by atoms with Crippen LogP contribution in [0, 0.1) is 17.7 Å². The molecule has 0 radical (unpaired) electrons. The number of nitrogens with zero attached hydrogens (tertiary/aromatic N) is 1. The molecule has 2 saturated carbocycles. The topological polar surface area (TPSA) is 106 Å². The second-order valence-corrected chi connectivity index (χ2v) is 13.8. The summed E-state index contributed by atoms with van der Waals surface area (Å²) in [6.45, 7) is 14.2. The minimum atomic E-state index is -0.213. The van der Waals surface area contributed by atoms with Gasteiger partial charge in [0, 0.05) is 35.5 Å². The molecular weight excluding hydrogens is 568 g/mol. The molecule has 2 aliphatic carbocycles. The van der Waals surface area contributed by atoms with Crippen LogP contribution >= 0.6 is 0 Å². The van der Waals surface area contributed by atoms with Crippen molar-refractivity contribution in [2.45, 2.75) is 123 Å². The first-order valence-corrected chi connectivity index (χ1v) is 17.7. The molecular formula is C39H56N6O. The van der Waals surface area contributed by atoms with Gasteiger partial charge in [-0.25, -0.2) is 5.84 Å². The zero-order valence-electron chi connectivity index (χ0n) is 29.0.